The third-order valence-corrected chi connectivity index (χ3v) is 8.14. The van der Waals surface area contributed by atoms with Crippen molar-refractivity contribution in [3.05, 3.63) is 24.5 Å². The zero-order valence-corrected chi connectivity index (χ0v) is 17.3. The van der Waals surface area contributed by atoms with Gasteiger partial charge < -0.3 is 34.0 Å². The molecule has 2 aromatic rings. The largest absolute Gasteiger partial charge is 0.494 e. The Morgan fingerprint density at radius 3 is 2.32 bits per heavy atom. The second kappa shape index (κ2) is 9.05. The zero-order chi connectivity index (χ0) is 21.0. The lowest BCUT2D eigenvalue weighted by Gasteiger charge is -2.29. The molecule has 1 aromatic heterocycles. The summed E-state index contributed by atoms with van der Waals surface area (Å²) < 4.78 is 29.8. The van der Waals surface area contributed by atoms with E-state index in [1.807, 2.05) is 0 Å². The van der Waals surface area contributed by atoms with E-state index in [4.69, 9.17) is 4.74 Å². The van der Waals surface area contributed by atoms with Gasteiger partial charge in [0.25, 0.3) is 5.08 Å². The molecule has 0 bridgehead atoms. The molecule has 0 fully saturated rings. The predicted molar refractivity (Wildman–Crippen MR) is 103 cm³/mol. The molecule has 1 heterocycles. The highest BCUT2D eigenvalue weighted by atomic mass is 31.2. The van der Waals surface area contributed by atoms with E-state index in [0.29, 0.717) is 23.4 Å². The van der Waals surface area contributed by atoms with Crippen LogP contribution < -0.4 is 4.74 Å². The second-order valence-electron chi connectivity index (χ2n) is 6.65. The Labute approximate surface area is 162 Å². The number of aromatic nitrogens is 2. The van der Waals surface area contributed by atoms with Crippen molar-refractivity contribution in [3.63, 3.8) is 0 Å². The summed E-state index contributed by atoms with van der Waals surface area (Å²) in [6, 6.07) is 4.79. The Morgan fingerprint density at radius 2 is 1.71 bits per heavy atom. The lowest BCUT2D eigenvalue weighted by atomic mass is 10.2. The first-order chi connectivity index (χ1) is 13.0. The Hall–Kier alpha value is -1.25. The Kier molecular flexibility index (Phi) is 7.44. The first kappa shape index (κ1) is 23.0. The summed E-state index contributed by atoms with van der Waals surface area (Å²) in [7, 11) is -11.1. The third-order valence-electron chi connectivity index (χ3n) is 4.42. The molecule has 0 atom stereocenters. The molecule has 2 rings (SSSR count). The van der Waals surface area contributed by atoms with Gasteiger partial charge in [-0.1, -0.05) is 32.6 Å². The maximum atomic E-state index is 11.5. The van der Waals surface area contributed by atoms with Gasteiger partial charge in [0.05, 0.1) is 30.5 Å². The molecule has 0 radical (unpaired) electrons. The molecular weight excluding hydrogens is 410 g/mol. The molecule has 0 aliphatic carbocycles. The molecule has 0 saturated carbocycles. The van der Waals surface area contributed by atoms with Gasteiger partial charge >= 0.3 is 15.2 Å². The highest BCUT2D eigenvalue weighted by Gasteiger charge is 2.59. The number of imidazole rings is 1. The van der Waals surface area contributed by atoms with Gasteiger partial charge in [0.2, 0.25) is 0 Å². The van der Waals surface area contributed by atoms with E-state index in [0.717, 1.165) is 30.2 Å². The summed E-state index contributed by atoms with van der Waals surface area (Å²) in [5.74, 6) is 0.563. The lowest BCUT2D eigenvalue weighted by Crippen LogP contribution is -2.33. The fourth-order valence-corrected chi connectivity index (χ4v) is 4.77. The first-order valence-corrected chi connectivity index (χ1v) is 12.1. The average molecular weight is 436 g/mol. The van der Waals surface area contributed by atoms with E-state index in [-0.39, 0.29) is 0 Å². The van der Waals surface area contributed by atoms with Crippen LogP contribution in [0.4, 0.5) is 0 Å². The molecule has 12 heteroatoms. The van der Waals surface area contributed by atoms with Crippen LogP contribution in [0, 0.1) is 0 Å². The number of hydrogen-bond donors (Lipinski definition) is 5. The van der Waals surface area contributed by atoms with Gasteiger partial charge in [0.1, 0.15) is 5.75 Å². The molecule has 0 saturated heterocycles. The van der Waals surface area contributed by atoms with E-state index >= 15 is 0 Å². The topological polar surface area (TPSA) is 162 Å². The van der Waals surface area contributed by atoms with Crippen molar-refractivity contribution in [1.29, 1.82) is 0 Å². The molecule has 5 N–H and O–H groups in total. The minimum Gasteiger partial charge on any atom is -0.494 e. The van der Waals surface area contributed by atoms with Crippen molar-refractivity contribution in [3.8, 4) is 5.75 Å². The maximum Gasteiger partial charge on any atom is 0.371 e. The Bertz CT molecular complexity index is 866. The fraction of sp³-hybridized carbons (Fsp3) is 0.562. The lowest BCUT2D eigenvalue weighted by molar-refractivity contribution is 0.116. The SMILES string of the molecule is CCCCCCCOc1ccc2c(c1)ncn2CC(O)(P(=O)(O)O)P(=O)(O)O. The molecule has 10 nitrogen and oxygen atoms in total. The fourth-order valence-electron chi connectivity index (χ4n) is 2.74. The summed E-state index contributed by atoms with van der Waals surface area (Å²) >= 11 is 0. The van der Waals surface area contributed by atoms with Crippen LogP contribution in [0.3, 0.4) is 0 Å². The van der Waals surface area contributed by atoms with Crippen LogP contribution in [0.1, 0.15) is 39.0 Å². The standard InChI is InChI=1S/C16H26N2O8P2/c1-2-3-4-5-6-9-26-13-7-8-15-14(10-13)17-12-18(15)11-16(19,27(20,21)22)28(23,24)25/h7-8,10,12,19H,2-6,9,11H2,1H3,(H2,20,21,22)(H2,23,24,25). The van der Waals surface area contributed by atoms with Gasteiger partial charge in [0, 0.05) is 6.07 Å². The Balaban J connectivity index is 2.14. The monoisotopic (exact) mass is 436 g/mol. The van der Waals surface area contributed by atoms with Crippen molar-refractivity contribution in [2.75, 3.05) is 6.61 Å². The number of fused-ring (bicyclic) bond motifs is 1. The predicted octanol–water partition coefficient (Wildman–Crippen LogP) is 2.39. The highest BCUT2D eigenvalue weighted by molar-refractivity contribution is 7.72. The van der Waals surface area contributed by atoms with E-state index < -0.39 is 26.8 Å². The average Bonchev–Trinajstić information content (AvgIpc) is 2.98. The molecule has 28 heavy (non-hydrogen) atoms. The third kappa shape index (κ3) is 5.21. The number of hydrogen-bond acceptors (Lipinski definition) is 5. The van der Waals surface area contributed by atoms with Crippen LogP contribution >= 0.6 is 15.2 Å². The minimum atomic E-state index is -5.55. The number of nitrogens with zero attached hydrogens (tertiary/aromatic N) is 2. The van der Waals surface area contributed by atoms with E-state index in [1.165, 1.54) is 12.8 Å². The van der Waals surface area contributed by atoms with Crippen LogP contribution in [0.25, 0.3) is 11.0 Å². The Morgan fingerprint density at radius 1 is 1.07 bits per heavy atom. The van der Waals surface area contributed by atoms with E-state index in [9.17, 15) is 33.8 Å². The molecule has 0 aliphatic rings. The van der Waals surface area contributed by atoms with Crippen LogP contribution in [0.2, 0.25) is 0 Å². The molecule has 0 spiro atoms. The van der Waals surface area contributed by atoms with Gasteiger partial charge in [-0.05, 0) is 18.6 Å². The van der Waals surface area contributed by atoms with Gasteiger partial charge in [-0.25, -0.2) is 4.98 Å². The quantitative estimate of drug-likeness (QED) is 0.263. The molecule has 0 unspecified atom stereocenters. The number of rotatable bonds is 11. The van der Waals surface area contributed by atoms with Gasteiger partial charge in [-0.3, -0.25) is 9.13 Å². The normalized spacial score (nSPS) is 13.2. The molecule has 0 aliphatic heterocycles. The van der Waals surface area contributed by atoms with Gasteiger partial charge in [-0.2, -0.15) is 0 Å². The van der Waals surface area contributed by atoms with Crippen molar-refractivity contribution < 1.29 is 38.5 Å². The van der Waals surface area contributed by atoms with Gasteiger partial charge in [0.15, 0.2) is 0 Å². The number of benzene rings is 1. The van der Waals surface area contributed by atoms with Crippen LogP contribution in [0.5, 0.6) is 5.75 Å². The van der Waals surface area contributed by atoms with Crippen molar-refractivity contribution >= 4 is 26.2 Å². The number of ether oxygens (including phenoxy) is 1. The number of unbranched alkanes of at least 4 members (excludes halogenated alkanes) is 4. The van der Waals surface area contributed by atoms with E-state index in [1.54, 1.807) is 18.2 Å². The van der Waals surface area contributed by atoms with Crippen LogP contribution in [-0.4, -0.2) is 45.9 Å². The smallest absolute Gasteiger partial charge is 0.371 e. The van der Waals surface area contributed by atoms with Gasteiger partial charge in [-0.15, -0.1) is 0 Å². The van der Waals surface area contributed by atoms with Crippen LogP contribution in [-0.2, 0) is 15.7 Å². The molecular formula is C16H26N2O8P2. The zero-order valence-electron chi connectivity index (χ0n) is 15.5. The molecule has 0 amide bonds. The first-order valence-electron chi connectivity index (χ1n) is 8.91. The summed E-state index contributed by atoms with van der Waals surface area (Å²) in [5, 5.41) is 6.54. The maximum absolute atomic E-state index is 11.5. The highest BCUT2D eigenvalue weighted by Crippen LogP contribution is 2.68. The van der Waals surface area contributed by atoms with E-state index in [2.05, 4.69) is 11.9 Å². The summed E-state index contributed by atoms with van der Waals surface area (Å²) in [6.45, 7) is 1.67. The summed E-state index contributed by atoms with van der Waals surface area (Å²) in [5.41, 5.74) is 0.748. The summed E-state index contributed by atoms with van der Waals surface area (Å²) in [6.07, 6.45) is 6.66. The summed E-state index contributed by atoms with van der Waals surface area (Å²) in [4.78, 5) is 41.2. The van der Waals surface area contributed by atoms with Crippen molar-refractivity contribution in [1.82, 2.24) is 9.55 Å². The van der Waals surface area contributed by atoms with Crippen LogP contribution in [0.15, 0.2) is 24.5 Å². The van der Waals surface area contributed by atoms with Crippen molar-refractivity contribution in [2.24, 2.45) is 0 Å². The molecule has 158 valence electrons. The second-order valence-corrected chi connectivity index (χ2v) is 10.7. The molecule has 1 aromatic carbocycles. The minimum absolute atomic E-state index is 0.343. The number of aliphatic hydroxyl groups is 1. The van der Waals surface area contributed by atoms with Crippen molar-refractivity contribution in [2.45, 2.75) is 50.7 Å².